The van der Waals surface area contributed by atoms with Gasteiger partial charge in [0.1, 0.15) is 11.6 Å². The summed E-state index contributed by atoms with van der Waals surface area (Å²) >= 11 is 0. The molecule has 0 radical (unpaired) electrons. The van der Waals surface area contributed by atoms with Gasteiger partial charge in [-0.15, -0.1) is 0 Å². The number of halogens is 1. The van der Waals surface area contributed by atoms with Crippen LogP contribution < -0.4 is 5.73 Å². The van der Waals surface area contributed by atoms with E-state index in [0.717, 1.165) is 11.3 Å². The monoisotopic (exact) mass is 207 g/mol. The van der Waals surface area contributed by atoms with E-state index >= 15 is 0 Å². The minimum atomic E-state index is -0.313. The summed E-state index contributed by atoms with van der Waals surface area (Å²) in [4.78, 5) is 7.40. The normalized spacial score (nSPS) is 12.3. The second-order valence-corrected chi connectivity index (χ2v) is 4.51. The van der Waals surface area contributed by atoms with Gasteiger partial charge < -0.3 is 10.7 Å². The first-order chi connectivity index (χ1) is 6.94. The van der Waals surface area contributed by atoms with Gasteiger partial charge in [0.15, 0.2) is 0 Å². The van der Waals surface area contributed by atoms with Gasteiger partial charge in [-0.1, -0.05) is 0 Å². The number of fused-ring (bicyclic) bond motifs is 1. The minimum absolute atomic E-state index is 0.260. The maximum Gasteiger partial charge on any atom is 0.125 e. The van der Waals surface area contributed by atoms with E-state index in [1.165, 1.54) is 12.1 Å². The second-order valence-electron chi connectivity index (χ2n) is 4.51. The van der Waals surface area contributed by atoms with Crippen molar-refractivity contribution in [2.24, 2.45) is 5.73 Å². The number of nitrogens with two attached hydrogens (primary N) is 1. The minimum Gasteiger partial charge on any atom is -0.342 e. The molecular weight excluding hydrogens is 193 g/mol. The Kier molecular flexibility index (Phi) is 2.23. The van der Waals surface area contributed by atoms with Gasteiger partial charge in [-0.05, 0) is 32.0 Å². The fourth-order valence-corrected chi connectivity index (χ4v) is 1.55. The van der Waals surface area contributed by atoms with E-state index < -0.39 is 0 Å². The third-order valence-electron chi connectivity index (χ3n) is 2.12. The van der Waals surface area contributed by atoms with Crippen molar-refractivity contribution in [3.8, 4) is 0 Å². The molecule has 0 aliphatic heterocycles. The number of aromatic amines is 1. The highest BCUT2D eigenvalue weighted by Crippen LogP contribution is 2.15. The number of nitrogens with zero attached hydrogens (tertiary/aromatic N) is 1. The average molecular weight is 207 g/mol. The molecule has 3 nitrogen and oxygen atoms in total. The van der Waals surface area contributed by atoms with E-state index in [-0.39, 0.29) is 11.4 Å². The molecular formula is C11H14FN3. The van der Waals surface area contributed by atoms with E-state index in [0.29, 0.717) is 11.9 Å². The SMILES string of the molecule is CC(C)(N)Cc1nc2ccc(F)cc2[nH]1. The van der Waals surface area contributed by atoms with Gasteiger partial charge in [0.2, 0.25) is 0 Å². The smallest absolute Gasteiger partial charge is 0.125 e. The highest BCUT2D eigenvalue weighted by molar-refractivity contribution is 5.74. The number of benzene rings is 1. The molecule has 2 aromatic rings. The van der Waals surface area contributed by atoms with Crippen molar-refractivity contribution in [3.63, 3.8) is 0 Å². The molecule has 0 spiro atoms. The molecule has 1 heterocycles. The fraction of sp³-hybridized carbons (Fsp3) is 0.364. The van der Waals surface area contributed by atoms with Crippen LogP contribution in [0.3, 0.4) is 0 Å². The Balaban J connectivity index is 2.39. The van der Waals surface area contributed by atoms with Crippen LogP contribution in [-0.4, -0.2) is 15.5 Å². The molecule has 0 bridgehead atoms. The van der Waals surface area contributed by atoms with Crippen molar-refractivity contribution in [2.75, 3.05) is 0 Å². The third kappa shape index (κ3) is 2.33. The van der Waals surface area contributed by atoms with Gasteiger partial charge in [-0.3, -0.25) is 0 Å². The molecule has 80 valence electrons. The van der Waals surface area contributed by atoms with E-state index in [2.05, 4.69) is 9.97 Å². The van der Waals surface area contributed by atoms with Gasteiger partial charge in [0.25, 0.3) is 0 Å². The first-order valence-electron chi connectivity index (χ1n) is 4.87. The Labute approximate surface area is 87.5 Å². The molecule has 0 saturated heterocycles. The molecule has 0 fully saturated rings. The maximum absolute atomic E-state index is 12.9. The summed E-state index contributed by atoms with van der Waals surface area (Å²) in [5.74, 6) is 0.535. The first kappa shape index (κ1) is 10.1. The van der Waals surface area contributed by atoms with Crippen molar-refractivity contribution in [1.82, 2.24) is 9.97 Å². The van der Waals surface area contributed by atoms with Crippen LogP contribution in [0.4, 0.5) is 4.39 Å². The van der Waals surface area contributed by atoms with Crippen LogP contribution in [0.25, 0.3) is 11.0 Å². The van der Waals surface area contributed by atoms with Gasteiger partial charge in [-0.2, -0.15) is 0 Å². The highest BCUT2D eigenvalue weighted by atomic mass is 19.1. The molecule has 0 aliphatic carbocycles. The molecule has 1 aromatic carbocycles. The maximum atomic E-state index is 12.9. The van der Waals surface area contributed by atoms with Crippen molar-refractivity contribution < 1.29 is 4.39 Å². The molecule has 3 N–H and O–H groups in total. The van der Waals surface area contributed by atoms with Crippen molar-refractivity contribution in [3.05, 3.63) is 29.8 Å². The number of nitrogens with one attached hydrogen (secondary N) is 1. The lowest BCUT2D eigenvalue weighted by molar-refractivity contribution is 0.505. The summed E-state index contributed by atoms with van der Waals surface area (Å²) < 4.78 is 12.9. The molecule has 0 unspecified atom stereocenters. The van der Waals surface area contributed by atoms with Crippen LogP contribution in [0, 0.1) is 5.82 Å². The van der Waals surface area contributed by atoms with E-state index in [4.69, 9.17) is 5.73 Å². The largest absolute Gasteiger partial charge is 0.342 e. The Morgan fingerprint density at radius 1 is 1.47 bits per heavy atom. The van der Waals surface area contributed by atoms with E-state index in [9.17, 15) is 4.39 Å². The number of rotatable bonds is 2. The quantitative estimate of drug-likeness (QED) is 0.791. The number of aromatic nitrogens is 2. The van der Waals surface area contributed by atoms with Crippen molar-refractivity contribution in [2.45, 2.75) is 25.8 Å². The molecule has 15 heavy (non-hydrogen) atoms. The predicted molar refractivity (Wildman–Crippen MR) is 58.0 cm³/mol. The molecule has 2 rings (SSSR count). The zero-order valence-electron chi connectivity index (χ0n) is 8.84. The third-order valence-corrected chi connectivity index (χ3v) is 2.12. The topological polar surface area (TPSA) is 54.7 Å². The van der Waals surface area contributed by atoms with Gasteiger partial charge in [0, 0.05) is 12.0 Å². The number of hydrogen-bond donors (Lipinski definition) is 2. The lowest BCUT2D eigenvalue weighted by Gasteiger charge is -2.15. The molecule has 4 heteroatoms. The summed E-state index contributed by atoms with van der Waals surface area (Å²) in [6.07, 6.45) is 0.642. The zero-order chi connectivity index (χ0) is 11.1. The molecule has 1 aromatic heterocycles. The van der Waals surface area contributed by atoms with Gasteiger partial charge in [-0.25, -0.2) is 9.37 Å². The van der Waals surface area contributed by atoms with Gasteiger partial charge in [0.05, 0.1) is 11.0 Å². The number of imidazole rings is 1. The second kappa shape index (κ2) is 3.31. The fourth-order valence-electron chi connectivity index (χ4n) is 1.55. The summed E-state index contributed by atoms with van der Waals surface area (Å²) in [5.41, 5.74) is 7.06. The van der Waals surface area contributed by atoms with Crippen molar-refractivity contribution in [1.29, 1.82) is 0 Å². The zero-order valence-corrected chi connectivity index (χ0v) is 8.84. The lowest BCUT2D eigenvalue weighted by atomic mass is 10.0. The summed E-state index contributed by atoms with van der Waals surface area (Å²) in [6, 6.07) is 4.50. The number of hydrogen-bond acceptors (Lipinski definition) is 2. The molecule has 0 saturated carbocycles. The average Bonchev–Trinajstić information content (AvgIpc) is 2.42. The van der Waals surface area contributed by atoms with Gasteiger partial charge >= 0.3 is 0 Å². The Hall–Kier alpha value is -1.42. The van der Waals surface area contributed by atoms with Crippen LogP contribution in [0.15, 0.2) is 18.2 Å². The Morgan fingerprint density at radius 3 is 2.87 bits per heavy atom. The Morgan fingerprint density at radius 2 is 2.20 bits per heavy atom. The lowest BCUT2D eigenvalue weighted by Crippen LogP contribution is -2.34. The molecule has 0 aliphatic rings. The summed E-state index contributed by atoms with van der Waals surface area (Å²) in [5, 5.41) is 0. The van der Waals surface area contributed by atoms with E-state index in [1.54, 1.807) is 6.07 Å². The number of H-pyrrole nitrogens is 1. The van der Waals surface area contributed by atoms with Crippen LogP contribution in [-0.2, 0) is 6.42 Å². The predicted octanol–water partition coefficient (Wildman–Crippen LogP) is 1.98. The highest BCUT2D eigenvalue weighted by Gasteiger charge is 2.14. The van der Waals surface area contributed by atoms with E-state index in [1.807, 2.05) is 13.8 Å². The van der Waals surface area contributed by atoms with Crippen LogP contribution in [0.2, 0.25) is 0 Å². The Bertz CT molecular complexity index is 482. The summed E-state index contributed by atoms with van der Waals surface area (Å²) in [7, 11) is 0. The van der Waals surface area contributed by atoms with Crippen LogP contribution >= 0.6 is 0 Å². The first-order valence-corrected chi connectivity index (χ1v) is 4.87. The van der Waals surface area contributed by atoms with Crippen LogP contribution in [0.1, 0.15) is 19.7 Å². The molecule has 0 amide bonds. The molecule has 0 atom stereocenters. The standard InChI is InChI=1S/C11H14FN3/c1-11(2,13)6-10-14-8-4-3-7(12)5-9(8)15-10/h3-5H,6,13H2,1-2H3,(H,14,15). The van der Waals surface area contributed by atoms with Crippen molar-refractivity contribution >= 4 is 11.0 Å². The van der Waals surface area contributed by atoms with Crippen LogP contribution in [0.5, 0.6) is 0 Å². The summed E-state index contributed by atoms with van der Waals surface area (Å²) in [6.45, 7) is 3.86.